The normalized spacial score (nSPS) is 10.8. The Bertz CT molecular complexity index is 767. The quantitative estimate of drug-likeness (QED) is 0.533. The van der Waals surface area contributed by atoms with E-state index in [2.05, 4.69) is 31.7 Å². The van der Waals surface area contributed by atoms with Crippen LogP contribution in [0, 0.1) is 0 Å². The van der Waals surface area contributed by atoms with E-state index >= 15 is 0 Å². The molecule has 0 spiro atoms. The molecule has 118 valence electrons. The predicted molar refractivity (Wildman–Crippen MR) is 89.4 cm³/mol. The number of carbonyl (C=O) groups excluding carboxylic acids is 1. The number of ketones is 1. The fraction of sp³-hybridized carbons (Fsp3) is 0.250. The fourth-order valence-corrected chi connectivity index (χ4v) is 3.09. The molecule has 3 rings (SSSR count). The zero-order valence-electron chi connectivity index (χ0n) is 12.8. The van der Waals surface area contributed by atoms with Crippen molar-refractivity contribution in [3.8, 4) is 11.4 Å². The third-order valence-electron chi connectivity index (χ3n) is 3.33. The minimum absolute atomic E-state index is 0.0523. The van der Waals surface area contributed by atoms with E-state index in [4.69, 9.17) is 0 Å². The summed E-state index contributed by atoms with van der Waals surface area (Å²) in [5, 5.41) is 9.31. The number of nitrogens with one attached hydrogen (secondary N) is 1. The van der Waals surface area contributed by atoms with Crippen LogP contribution in [0.25, 0.3) is 11.4 Å². The largest absolute Gasteiger partial charge is 0.359 e. The summed E-state index contributed by atoms with van der Waals surface area (Å²) >= 11 is 1.41. The molecule has 23 heavy (non-hydrogen) atoms. The highest BCUT2D eigenvalue weighted by Crippen LogP contribution is 2.24. The first kappa shape index (κ1) is 15.5. The van der Waals surface area contributed by atoms with Crippen molar-refractivity contribution in [2.24, 2.45) is 0 Å². The lowest BCUT2D eigenvalue weighted by Gasteiger charge is -2.08. The third-order valence-corrected chi connectivity index (χ3v) is 4.30. The van der Waals surface area contributed by atoms with Crippen molar-refractivity contribution in [2.45, 2.75) is 25.0 Å². The van der Waals surface area contributed by atoms with Gasteiger partial charge < -0.3 is 9.55 Å². The first-order valence-corrected chi connectivity index (χ1v) is 8.41. The molecule has 0 unspecified atom stereocenters. The second-order valence-electron chi connectivity index (χ2n) is 4.99. The van der Waals surface area contributed by atoms with Gasteiger partial charge in [0.05, 0.1) is 11.4 Å². The summed E-state index contributed by atoms with van der Waals surface area (Å²) in [6.45, 7) is 2.92. The molecule has 0 fully saturated rings. The molecule has 6 nitrogen and oxygen atoms in total. The summed E-state index contributed by atoms with van der Waals surface area (Å²) in [5.74, 6) is 1.19. The van der Waals surface area contributed by atoms with Gasteiger partial charge in [-0.15, -0.1) is 10.2 Å². The van der Waals surface area contributed by atoms with Gasteiger partial charge in [0.25, 0.3) is 0 Å². The summed E-state index contributed by atoms with van der Waals surface area (Å²) in [6.07, 6.45) is 6.19. The number of aromatic amines is 1. The average molecular weight is 327 g/mol. The first-order valence-electron chi connectivity index (χ1n) is 7.42. The molecule has 3 aromatic rings. The topological polar surface area (TPSA) is 76.5 Å². The lowest BCUT2D eigenvalue weighted by Crippen LogP contribution is -2.06. The number of nitrogens with zero attached hydrogens (tertiary/aromatic N) is 4. The number of aromatic nitrogens is 5. The smallest absolute Gasteiger partial charge is 0.191 e. The van der Waals surface area contributed by atoms with Crippen LogP contribution in [0.15, 0.2) is 48.0 Å². The molecule has 0 amide bonds. The van der Waals surface area contributed by atoms with Crippen molar-refractivity contribution in [2.75, 3.05) is 5.75 Å². The fourth-order valence-electron chi connectivity index (χ4n) is 2.25. The van der Waals surface area contributed by atoms with Gasteiger partial charge in [-0.25, -0.2) is 0 Å². The molecule has 0 aromatic carbocycles. The van der Waals surface area contributed by atoms with E-state index in [0.29, 0.717) is 11.4 Å². The van der Waals surface area contributed by atoms with Crippen molar-refractivity contribution in [1.29, 1.82) is 0 Å². The van der Waals surface area contributed by atoms with Crippen LogP contribution >= 0.6 is 11.8 Å². The van der Waals surface area contributed by atoms with Crippen LogP contribution in [0.3, 0.4) is 0 Å². The molecule has 7 heteroatoms. The number of carbonyl (C=O) groups is 1. The molecule has 3 aromatic heterocycles. The second-order valence-corrected chi connectivity index (χ2v) is 5.93. The Morgan fingerprint density at radius 2 is 2.09 bits per heavy atom. The van der Waals surface area contributed by atoms with E-state index in [1.165, 1.54) is 11.8 Å². The minimum atomic E-state index is 0.0523. The molecule has 0 atom stereocenters. The number of thioether (sulfide) groups is 1. The molecule has 0 radical (unpaired) electrons. The van der Waals surface area contributed by atoms with Gasteiger partial charge in [0.15, 0.2) is 16.8 Å². The highest BCUT2D eigenvalue weighted by molar-refractivity contribution is 7.99. The molecule has 0 saturated heterocycles. The van der Waals surface area contributed by atoms with Crippen LogP contribution in [0.2, 0.25) is 0 Å². The Labute approximate surface area is 138 Å². The number of pyridine rings is 1. The summed E-state index contributed by atoms with van der Waals surface area (Å²) in [6, 6.07) is 7.42. The van der Waals surface area contributed by atoms with Gasteiger partial charge in [-0.3, -0.25) is 9.78 Å². The van der Waals surface area contributed by atoms with Crippen LogP contribution in [-0.2, 0) is 6.54 Å². The Hall–Kier alpha value is -2.41. The molecule has 0 aliphatic carbocycles. The summed E-state index contributed by atoms with van der Waals surface area (Å²) in [4.78, 5) is 19.1. The van der Waals surface area contributed by atoms with Gasteiger partial charge in [-0.1, -0.05) is 18.7 Å². The molecule has 0 saturated carbocycles. The number of rotatable bonds is 7. The molecular formula is C16H17N5OS. The maximum Gasteiger partial charge on any atom is 0.191 e. The van der Waals surface area contributed by atoms with Gasteiger partial charge in [0, 0.05) is 30.7 Å². The Balaban J connectivity index is 1.79. The van der Waals surface area contributed by atoms with Crippen LogP contribution in [0.5, 0.6) is 0 Å². The van der Waals surface area contributed by atoms with Gasteiger partial charge >= 0.3 is 0 Å². The highest BCUT2D eigenvalue weighted by atomic mass is 32.2. The standard InChI is InChI=1S/C16H17N5OS/c1-2-10-21-15(12-5-8-17-9-6-12)19-20-16(21)23-11-14(22)13-4-3-7-18-13/h3-9,18H,2,10-11H2,1H3. The number of H-pyrrole nitrogens is 1. The van der Waals surface area contributed by atoms with Gasteiger partial charge in [-0.2, -0.15) is 0 Å². The summed E-state index contributed by atoms with van der Waals surface area (Å²) in [7, 11) is 0. The van der Waals surface area contributed by atoms with Crippen molar-refractivity contribution >= 4 is 17.5 Å². The predicted octanol–water partition coefficient (Wildman–Crippen LogP) is 3.05. The van der Waals surface area contributed by atoms with Crippen molar-refractivity contribution in [3.63, 3.8) is 0 Å². The zero-order chi connectivity index (χ0) is 16.1. The maximum absolute atomic E-state index is 12.1. The van der Waals surface area contributed by atoms with E-state index in [0.717, 1.165) is 29.5 Å². The lowest BCUT2D eigenvalue weighted by atomic mass is 10.2. The minimum Gasteiger partial charge on any atom is -0.359 e. The van der Waals surface area contributed by atoms with Crippen LogP contribution in [0.4, 0.5) is 0 Å². The van der Waals surface area contributed by atoms with E-state index in [1.54, 1.807) is 24.7 Å². The third kappa shape index (κ3) is 3.50. The monoisotopic (exact) mass is 327 g/mol. The Morgan fingerprint density at radius 3 is 2.78 bits per heavy atom. The SMILES string of the molecule is CCCn1c(SCC(=O)c2ccc[nH]2)nnc1-c1ccncc1. The van der Waals surface area contributed by atoms with E-state index in [1.807, 2.05) is 18.2 Å². The van der Waals surface area contributed by atoms with Crippen LogP contribution in [0.1, 0.15) is 23.8 Å². The van der Waals surface area contributed by atoms with Crippen molar-refractivity contribution in [3.05, 3.63) is 48.5 Å². The summed E-state index contributed by atoms with van der Waals surface area (Å²) in [5.41, 5.74) is 1.59. The van der Waals surface area contributed by atoms with E-state index in [-0.39, 0.29) is 5.78 Å². The first-order chi connectivity index (χ1) is 11.3. The molecule has 0 aliphatic rings. The molecule has 0 aliphatic heterocycles. The zero-order valence-corrected chi connectivity index (χ0v) is 13.6. The molecular weight excluding hydrogens is 310 g/mol. The number of Topliss-reactive ketones (excluding diaryl/α,β-unsaturated/α-hetero) is 1. The van der Waals surface area contributed by atoms with Crippen LogP contribution < -0.4 is 0 Å². The molecule has 1 N–H and O–H groups in total. The Kier molecular flexibility index (Phi) is 4.87. The lowest BCUT2D eigenvalue weighted by molar-refractivity contribution is 0.101. The molecule has 0 bridgehead atoms. The van der Waals surface area contributed by atoms with Gasteiger partial charge in [0.2, 0.25) is 0 Å². The van der Waals surface area contributed by atoms with E-state index in [9.17, 15) is 4.79 Å². The van der Waals surface area contributed by atoms with Gasteiger partial charge in [-0.05, 0) is 30.7 Å². The van der Waals surface area contributed by atoms with E-state index < -0.39 is 0 Å². The van der Waals surface area contributed by atoms with Crippen molar-refractivity contribution < 1.29 is 4.79 Å². The average Bonchev–Trinajstić information content (AvgIpc) is 3.24. The number of hydrogen-bond donors (Lipinski definition) is 1. The second kappa shape index (κ2) is 7.23. The van der Waals surface area contributed by atoms with Crippen LogP contribution in [-0.4, -0.2) is 36.3 Å². The number of hydrogen-bond acceptors (Lipinski definition) is 5. The van der Waals surface area contributed by atoms with Gasteiger partial charge in [0.1, 0.15) is 0 Å². The van der Waals surface area contributed by atoms with Crippen molar-refractivity contribution in [1.82, 2.24) is 24.7 Å². The Morgan fingerprint density at radius 1 is 1.26 bits per heavy atom. The highest BCUT2D eigenvalue weighted by Gasteiger charge is 2.15. The molecule has 3 heterocycles. The summed E-state index contributed by atoms with van der Waals surface area (Å²) < 4.78 is 2.06. The maximum atomic E-state index is 12.1.